The Hall–Kier alpha value is -1.78. The zero-order valence-electron chi connectivity index (χ0n) is 24.8. The van der Waals surface area contributed by atoms with E-state index in [0.717, 1.165) is 19.3 Å². The van der Waals surface area contributed by atoms with Crippen molar-refractivity contribution in [1.82, 2.24) is 19.5 Å². The number of fused-ring (bicyclic) bond motifs is 1. The van der Waals surface area contributed by atoms with Crippen molar-refractivity contribution in [2.45, 2.75) is 122 Å². The summed E-state index contributed by atoms with van der Waals surface area (Å²) in [5, 5.41) is 9.94. The van der Waals surface area contributed by atoms with Crippen LogP contribution in [0.25, 0.3) is 11.2 Å². The van der Waals surface area contributed by atoms with Crippen LogP contribution in [-0.2, 0) is 13.6 Å². The summed E-state index contributed by atoms with van der Waals surface area (Å²) in [4.78, 5) is 32.8. The molecule has 0 spiro atoms. The standard InChI is InChI=1S/C29H52N5O6P/c1-2-3-4-5-6-7-8-9-10-11-12-13-14-15-16-17-18-39-41(37,38)40-21-23-19-25(24(23)20-35)34-22-31-26-27(34)32-29(30)33-28(26)36/h22-25,35H,2-21H2,1H3,(H,37,38)(H3,30,32,33,36)/t23-,24-,25-/m1/s1. The van der Waals surface area contributed by atoms with E-state index in [4.69, 9.17) is 14.8 Å². The predicted molar refractivity (Wildman–Crippen MR) is 162 cm³/mol. The molecule has 1 fully saturated rings. The van der Waals surface area contributed by atoms with Gasteiger partial charge in [0, 0.05) is 18.6 Å². The van der Waals surface area contributed by atoms with Gasteiger partial charge in [0.25, 0.3) is 5.56 Å². The minimum Gasteiger partial charge on any atom is -0.396 e. The lowest BCUT2D eigenvalue weighted by Gasteiger charge is -2.44. The fourth-order valence-electron chi connectivity index (χ4n) is 5.80. The smallest absolute Gasteiger partial charge is 0.396 e. The Morgan fingerprint density at radius 1 is 0.976 bits per heavy atom. The summed E-state index contributed by atoms with van der Waals surface area (Å²) in [7, 11) is -4.16. The number of anilines is 1. The van der Waals surface area contributed by atoms with Crippen molar-refractivity contribution < 1.29 is 23.6 Å². The number of hydrogen-bond donors (Lipinski definition) is 4. The molecule has 1 unspecified atom stereocenters. The van der Waals surface area contributed by atoms with Crippen molar-refractivity contribution in [3.05, 3.63) is 16.7 Å². The molecule has 5 N–H and O–H groups in total. The van der Waals surface area contributed by atoms with E-state index in [-0.39, 0.29) is 49.2 Å². The number of H-pyrrole nitrogens is 1. The van der Waals surface area contributed by atoms with Gasteiger partial charge in [0.2, 0.25) is 5.95 Å². The van der Waals surface area contributed by atoms with Gasteiger partial charge < -0.3 is 20.3 Å². The number of nitrogens with two attached hydrogens (primary N) is 1. The Morgan fingerprint density at radius 2 is 1.54 bits per heavy atom. The summed E-state index contributed by atoms with van der Waals surface area (Å²) in [5.41, 5.74) is 5.78. The molecule has 4 atom stereocenters. The molecule has 0 aromatic carbocycles. The molecule has 0 aliphatic heterocycles. The molecule has 2 heterocycles. The Bertz CT molecular complexity index is 1120. The second-order valence-corrected chi connectivity index (χ2v) is 13.0. The van der Waals surface area contributed by atoms with E-state index in [9.17, 15) is 19.4 Å². The van der Waals surface area contributed by atoms with Gasteiger partial charge in [-0.25, -0.2) is 9.55 Å². The average molecular weight is 598 g/mol. The van der Waals surface area contributed by atoms with Crippen LogP contribution < -0.4 is 11.3 Å². The first-order chi connectivity index (χ1) is 19.9. The number of aliphatic hydroxyl groups excluding tert-OH is 1. The van der Waals surface area contributed by atoms with Crippen LogP contribution in [0.4, 0.5) is 5.95 Å². The molecule has 0 amide bonds. The van der Waals surface area contributed by atoms with Gasteiger partial charge in [-0.3, -0.25) is 18.8 Å². The van der Waals surface area contributed by atoms with Gasteiger partial charge in [-0.1, -0.05) is 103 Å². The Morgan fingerprint density at radius 3 is 2.10 bits per heavy atom. The Labute approximate surface area is 244 Å². The van der Waals surface area contributed by atoms with E-state index in [1.807, 2.05) is 0 Å². The summed E-state index contributed by atoms with van der Waals surface area (Å²) < 4.78 is 24.5. The number of hydrogen-bond acceptors (Lipinski definition) is 8. The monoisotopic (exact) mass is 597 g/mol. The molecule has 11 nitrogen and oxygen atoms in total. The van der Waals surface area contributed by atoms with Gasteiger partial charge >= 0.3 is 7.82 Å². The maximum Gasteiger partial charge on any atom is 0.472 e. The predicted octanol–water partition coefficient (Wildman–Crippen LogP) is 6.27. The summed E-state index contributed by atoms with van der Waals surface area (Å²) >= 11 is 0. The molecule has 1 saturated carbocycles. The van der Waals surface area contributed by atoms with Gasteiger partial charge in [-0.2, -0.15) is 4.98 Å². The van der Waals surface area contributed by atoms with E-state index >= 15 is 0 Å². The quantitative estimate of drug-likeness (QED) is 0.0853. The number of unbranched alkanes of at least 4 members (excludes halogenated alkanes) is 15. The van der Waals surface area contributed by atoms with Crippen LogP contribution >= 0.6 is 7.82 Å². The zero-order valence-corrected chi connectivity index (χ0v) is 25.7. The number of nitrogen functional groups attached to an aromatic ring is 1. The number of aromatic amines is 1. The molecular formula is C29H52N5O6P. The van der Waals surface area contributed by atoms with Crippen molar-refractivity contribution in [1.29, 1.82) is 0 Å². The largest absolute Gasteiger partial charge is 0.472 e. The highest BCUT2D eigenvalue weighted by Crippen LogP contribution is 2.49. The van der Waals surface area contributed by atoms with Crippen LogP contribution in [0.5, 0.6) is 0 Å². The average Bonchev–Trinajstić information content (AvgIpc) is 3.33. The second-order valence-electron chi connectivity index (χ2n) is 11.6. The van der Waals surface area contributed by atoms with E-state index in [0.29, 0.717) is 12.1 Å². The SMILES string of the molecule is CCCCCCCCCCCCCCCCCCOP(=O)(O)OC[C@H]1C[C@@H](n2cnc3c(=O)[nH]c(N)nc32)[C@@H]1CO. The van der Waals surface area contributed by atoms with E-state index in [1.165, 1.54) is 89.8 Å². The highest BCUT2D eigenvalue weighted by Gasteiger charge is 2.43. The lowest BCUT2D eigenvalue weighted by Crippen LogP contribution is -2.42. The number of rotatable bonds is 23. The van der Waals surface area contributed by atoms with Crippen molar-refractivity contribution in [3.63, 3.8) is 0 Å². The maximum absolute atomic E-state index is 12.3. The van der Waals surface area contributed by atoms with E-state index in [2.05, 4.69) is 21.9 Å². The van der Waals surface area contributed by atoms with Crippen LogP contribution in [0.1, 0.15) is 122 Å². The fraction of sp³-hybridized carbons (Fsp3) is 0.828. The topological polar surface area (TPSA) is 166 Å². The van der Waals surface area contributed by atoms with Gasteiger partial charge in [0.05, 0.1) is 19.5 Å². The highest BCUT2D eigenvalue weighted by molar-refractivity contribution is 7.47. The van der Waals surface area contributed by atoms with Crippen molar-refractivity contribution in [3.8, 4) is 0 Å². The third kappa shape index (κ3) is 11.1. The number of phosphoric acid groups is 1. The molecule has 0 bridgehead atoms. The Kier molecular flexibility index (Phi) is 14.8. The molecule has 3 rings (SSSR count). The maximum atomic E-state index is 12.3. The molecule has 234 valence electrons. The number of nitrogens with zero attached hydrogens (tertiary/aromatic N) is 3. The van der Waals surface area contributed by atoms with Crippen LogP contribution in [0.3, 0.4) is 0 Å². The van der Waals surface area contributed by atoms with Gasteiger partial charge in [0.15, 0.2) is 11.2 Å². The third-order valence-corrected chi connectivity index (χ3v) is 9.35. The molecule has 2 aromatic rings. The molecule has 1 aliphatic carbocycles. The fourth-order valence-corrected chi connectivity index (χ4v) is 6.62. The van der Waals surface area contributed by atoms with E-state index < -0.39 is 13.4 Å². The van der Waals surface area contributed by atoms with Crippen LogP contribution in [0.15, 0.2) is 11.1 Å². The Balaban J connectivity index is 1.20. The molecule has 12 heteroatoms. The first-order valence-electron chi connectivity index (χ1n) is 15.8. The second kappa shape index (κ2) is 18.0. The molecule has 41 heavy (non-hydrogen) atoms. The first-order valence-corrected chi connectivity index (χ1v) is 17.3. The molecular weight excluding hydrogens is 545 g/mol. The van der Waals surface area contributed by atoms with Gasteiger partial charge in [-0.05, 0) is 18.8 Å². The van der Waals surface area contributed by atoms with Crippen molar-refractivity contribution >= 4 is 24.9 Å². The number of aliphatic hydroxyl groups is 1. The lowest BCUT2D eigenvalue weighted by atomic mass is 9.70. The molecule has 1 aliphatic rings. The highest BCUT2D eigenvalue weighted by atomic mass is 31.2. The number of phosphoric ester groups is 1. The molecule has 0 radical (unpaired) electrons. The summed E-state index contributed by atoms with van der Waals surface area (Å²) in [6.45, 7) is 2.30. The molecule has 0 saturated heterocycles. The van der Waals surface area contributed by atoms with Gasteiger partial charge in [-0.15, -0.1) is 0 Å². The third-order valence-electron chi connectivity index (χ3n) is 8.37. The number of nitrogens with one attached hydrogen (secondary N) is 1. The first kappa shape index (κ1) is 33.7. The van der Waals surface area contributed by atoms with E-state index in [1.54, 1.807) is 4.57 Å². The van der Waals surface area contributed by atoms with Gasteiger partial charge in [0.1, 0.15) is 0 Å². The minimum atomic E-state index is -4.16. The van der Waals surface area contributed by atoms with Crippen LogP contribution in [0.2, 0.25) is 0 Å². The van der Waals surface area contributed by atoms with Crippen LogP contribution in [0, 0.1) is 11.8 Å². The summed E-state index contributed by atoms with van der Waals surface area (Å²) in [6, 6.07) is -0.170. The zero-order chi connectivity index (χ0) is 29.5. The normalized spacial score (nSPS) is 20.3. The van der Waals surface area contributed by atoms with Crippen molar-refractivity contribution in [2.24, 2.45) is 11.8 Å². The number of imidazole rings is 1. The molecule has 2 aromatic heterocycles. The van der Waals surface area contributed by atoms with Crippen LogP contribution in [-0.4, -0.2) is 49.3 Å². The summed E-state index contributed by atoms with van der Waals surface area (Å²) in [5.74, 6) is -0.386. The minimum absolute atomic E-state index is 0.00273. The lowest BCUT2D eigenvalue weighted by molar-refractivity contribution is -0.00810. The number of aromatic nitrogens is 4. The summed E-state index contributed by atoms with van der Waals surface area (Å²) in [6.07, 6.45) is 22.3. The van der Waals surface area contributed by atoms with Crippen molar-refractivity contribution in [2.75, 3.05) is 25.6 Å².